The van der Waals surface area contributed by atoms with Crippen LogP contribution in [0.15, 0.2) is 34.2 Å². The summed E-state index contributed by atoms with van der Waals surface area (Å²) in [7, 11) is 0.915. The van der Waals surface area contributed by atoms with E-state index >= 15 is 0 Å². The molecule has 0 bridgehead atoms. The molecule has 0 saturated carbocycles. The fraction of sp³-hybridized carbons (Fsp3) is 0.300. The summed E-state index contributed by atoms with van der Waals surface area (Å²) in [4.78, 5) is 0. The first-order chi connectivity index (χ1) is 6.39. The van der Waals surface area contributed by atoms with Gasteiger partial charge in [-0.2, -0.15) is 13.2 Å². The van der Waals surface area contributed by atoms with Gasteiger partial charge in [-0.15, -0.1) is 0 Å². The normalized spacial score (nSPS) is 18.1. The Morgan fingerprint density at radius 1 is 1.06 bits per heavy atom. The van der Waals surface area contributed by atoms with Gasteiger partial charge >= 0.3 is 32.4 Å². The fourth-order valence-electron chi connectivity index (χ4n) is 1.65. The monoisotopic (exact) mass is 376 g/mol. The van der Waals surface area contributed by atoms with Crippen LogP contribution in [0.4, 0.5) is 13.2 Å². The molecule has 0 spiro atoms. The zero-order valence-electron chi connectivity index (χ0n) is 8.99. The van der Waals surface area contributed by atoms with Crippen molar-refractivity contribution in [2.45, 2.75) is 20.0 Å². The summed E-state index contributed by atoms with van der Waals surface area (Å²) >= 11 is 0. The fourth-order valence-corrected chi connectivity index (χ4v) is 2.74. The maximum absolute atomic E-state index is 12.6. The molecule has 0 amide bonds. The van der Waals surface area contributed by atoms with Gasteiger partial charge in [0.25, 0.3) is 0 Å². The molecule has 2 aliphatic rings. The first-order valence-electron chi connectivity index (χ1n) is 4.17. The molecule has 0 fully saturated rings. The summed E-state index contributed by atoms with van der Waals surface area (Å²) in [6.45, 7) is 3.58. The Balaban J connectivity index is 0. The third kappa shape index (κ3) is 3.80. The zero-order chi connectivity index (χ0) is 10.5. The summed E-state index contributed by atoms with van der Waals surface area (Å²) in [6.07, 6.45) is -1.36. The van der Waals surface area contributed by atoms with E-state index in [1.165, 1.54) is 6.08 Å². The van der Waals surface area contributed by atoms with E-state index in [-0.39, 0.29) is 51.0 Å². The van der Waals surface area contributed by atoms with Crippen molar-refractivity contribution in [1.82, 2.24) is 0 Å². The molecule has 0 radical (unpaired) electrons. The maximum Gasteiger partial charge on any atom is 2.00 e. The number of hydrogen-bond acceptors (Lipinski definition) is 0. The van der Waals surface area contributed by atoms with Gasteiger partial charge in [-0.05, 0) is 42.4 Å². The molecule has 17 heavy (non-hydrogen) atoms. The molecule has 0 unspecified atom stereocenters. The second-order valence-corrected chi connectivity index (χ2v) is 4.77. The van der Waals surface area contributed by atoms with E-state index in [0.29, 0.717) is 5.57 Å². The van der Waals surface area contributed by atoms with Crippen LogP contribution in [-0.4, -0.2) is 11.5 Å². The quantitative estimate of drug-likeness (QED) is 0.422. The molecule has 92 valence electrons. The van der Waals surface area contributed by atoms with Gasteiger partial charge in [-0.25, -0.2) is 0 Å². The molecule has 7 heteroatoms. The van der Waals surface area contributed by atoms with Gasteiger partial charge in [-0.3, -0.25) is 0 Å². The van der Waals surface area contributed by atoms with Gasteiger partial charge in [-0.1, -0.05) is 8.20 Å². The maximum atomic E-state index is 12.6. The van der Waals surface area contributed by atoms with E-state index in [2.05, 4.69) is 0 Å². The Morgan fingerprint density at radius 2 is 1.59 bits per heavy atom. The molecular formula is C10H8Cl2F3PZr. The van der Waals surface area contributed by atoms with Crippen LogP contribution in [0.25, 0.3) is 0 Å². The molecular weight excluding hydrogens is 370 g/mol. The van der Waals surface area contributed by atoms with E-state index in [9.17, 15) is 13.2 Å². The summed E-state index contributed by atoms with van der Waals surface area (Å²) < 4.78 is 37.7. The summed E-state index contributed by atoms with van der Waals surface area (Å²) in [5, 5.41) is 1.79. The Hall–Kier alpha value is 0.643. The average molecular weight is 378 g/mol. The number of halogens is 5. The van der Waals surface area contributed by atoms with Crippen LogP contribution in [0.2, 0.25) is 0 Å². The molecule has 0 aromatic heterocycles. The first kappa shape index (κ1) is 20.0. The molecule has 1 aliphatic heterocycles. The van der Waals surface area contributed by atoms with Crippen LogP contribution in [0.3, 0.4) is 0 Å². The first-order valence-corrected chi connectivity index (χ1v) is 5.06. The van der Waals surface area contributed by atoms with Crippen LogP contribution in [0, 0.1) is 0 Å². The van der Waals surface area contributed by atoms with Crippen molar-refractivity contribution in [2.75, 3.05) is 0 Å². The van der Waals surface area contributed by atoms with Gasteiger partial charge < -0.3 is 24.8 Å². The number of fused-ring (bicyclic) bond motifs is 1. The van der Waals surface area contributed by atoms with Crippen molar-refractivity contribution >= 4 is 13.5 Å². The molecule has 0 aromatic rings. The average Bonchev–Trinajstić information content (AvgIpc) is 2.49. The predicted octanol–water partition coefficient (Wildman–Crippen LogP) is -2.15. The minimum Gasteiger partial charge on any atom is -1.00 e. The topological polar surface area (TPSA) is 0 Å². The number of hydrogen-bond donors (Lipinski definition) is 0. The molecule has 0 aromatic carbocycles. The SMILES string of the molecule is CC1=PC2=C(C)C=C(C(F)(F)F)C2=C1.[Cl-].[Cl-].[Zr+2]. The second kappa shape index (κ2) is 6.71. The van der Waals surface area contributed by atoms with Crippen molar-refractivity contribution in [3.8, 4) is 0 Å². The van der Waals surface area contributed by atoms with Crippen molar-refractivity contribution in [3.63, 3.8) is 0 Å². The Morgan fingerprint density at radius 3 is 2.06 bits per heavy atom. The molecule has 0 N–H and O–H groups in total. The van der Waals surface area contributed by atoms with Crippen molar-refractivity contribution in [2.24, 2.45) is 0 Å². The van der Waals surface area contributed by atoms with Crippen molar-refractivity contribution < 1.29 is 64.2 Å². The standard InChI is InChI=1S/C10H8F3P.2ClH.Zr/c1-5-3-8(10(11,12)13)7-4-6(2)14-9(5)7;;;/h3-4H,1-2H3;2*1H;/q;;;+2/p-2. The molecule has 0 atom stereocenters. The Bertz CT molecular complexity index is 433. The van der Waals surface area contributed by atoms with Crippen LogP contribution < -0.4 is 24.8 Å². The van der Waals surface area contributed by atoms with Gasteiger partial charge in [0.05, 0.1) is 5.57 Å². The van der Waals surface area contributed by atoms with Gasteiger partial charge in [0.1, 0.15) is 0 Å². The smallest absolute Gasteiger partial charge is 1.00 e. The predicted molar refractivity (Wildman–Crippen MR) is 52.5 cm³/mol. The molecule has 0 saturated heterocycles. The summed E-state index contributed by atoms with van der Waals surface area (Å²) in [5.41, 5.74) is 0.616. The van der Waals surface area contributed by atoms with E-state index in [0.717, 1.165) is 24.4 Å². The largest absolute Gasteiger partial charge is 2.00 e. The Kier molecular flexibility index (Phi) is 7.88. The molecule has 1 heterocycles. The zero-order valence-corrected chi connectivity index (χ0v) is 13.9. The minimum absolute atomic E-state index is 0. The number of rotatable bonds is 0. The molecule has 0 nitrogen and oxygen atoms in total. The summed E-state index contributed by atoms with van der Waals surface area (Å²) in [5.74, 6) is 0. The second-order valence-electron chi connectivity index (χ2n) is 3.40. The van der Waals surface area contributed by atoms with Gasteiger partial charge in [0, 0.05) is 5.31 Å². The van der Waals surface area contributed by atoms with Crippen molar-refractivity contribution in [1.29, 1.82) is 0 Å². The van der Waals surface area contributed by atoms with Gasteiger partial charge in [0.2, 0.25) is 0 Å². The van der Waals surface area contributed by atoms with Crippen LogP contribution in [-0.2, 0) is 26.2 Å². The summed E-state index contributed by atoms with van der Waals surface area (Å²) in [6, 6.07) is 0. The third-order valence-corrected chi connectivity index (χ3v) is 3.53. The van der Waals surface area contributed by atoms with Crippen molar-refractivity contribution in [3.05, 3.63) is 34.2 Å². The third-order valence-electron chi connectivity index (χ3n) is 2.23. The van der Waals surface area contributed by atoms with E-state index < -0.39 is 11.7 Å². The molecule has 1 aliphatic carbocycles. The van der Waals surface area contributed by atoms with Crippen LogP contribution in [0.5, 0.6) is 0 Å². The van der Waals surface area contributed by atoms with E-state index in [4.69, 9.17) is 0 Å². The van der Waals surface area contributed by atoms with E-state index in [1.54, 1.807) is 13.0 Å². The van der Waals surface area contributed by atoms with Gasteiger partial charge in [0.15, 0.2) is 0 Å². The van der Waals surface area contributed by atoms with Crippen LogP contribution >= 0.6 is 8.20 Å². The molecule has 2 rings (SSSR count). The van der Waals surface area contributed by atoms with Crippen LogP contribution in [0.1, 0.15) is 13.8 Å². The Labute approximate surface area is 131 Å². The van der Waals surface area contributed by atoms with E-state index in [1.807, 2.05) is 6.92 Å². The number of alkyl halides is 3. The minimum atomic E-state index is -4.23. The number of allylic oxidation sites excluding steroid dienone is 6.